The Morgan fingerprint density at radius 1 is 1.31 bits per heavy atom. The first-order valence-electron chi connectivity index (χ1n) is 9.03. The Bertz CT molecular complexity index is 921. The van der Waals surface area contributed by atoms with E-state index in [1.165, 1.54) is 0 Å². The third kappa shape index (κ3) is 3.20. The molecule has 0 atom stereocenters. The van der Waals surface area contributed by atoms with Crippen molar-refractivity contribution in [3.8, 4) is 0 Å². The minimum absolute atomic E-state index is 0.250. The number of hydrogen-bond donors (Lipinski definition) is 2. The zero-order valence-corrected chi connectivity index (χ0v) is 15.0. The molecule has 136 valence electrons. The standard InChI is InChI=1S/C18H23N7O/c1-12(2)25-17-9-14(4-3-13(17)10-20-25)21-18(26)16-11-24(23-22-16)15-5-7-19-8-6-15/h3-4,9-12,15,19H,5-8H2,1-2H3,(H,21,26). The molecule has 1 amide bonds. The summed E-state index contributed by atoms with van der Waals surface area (Å²) in [5, 5.41) is 19.9. The van der Waals surface area contributed by atoms with Gasteiger partial charge in [-0.1, -0.05) is 5.21 Å². The lowest BCUT2D eigenvalue weighted by molar-refractivity contribution is 0.102. The van der Waals surface area contributed by atoms with Crippen molar-refractivity contribution in [2.45, 2.75) is 38.8 Å². The molecule has 0 aliphatic carbocycles. The average Bonchev–Trinajstić information content (AvgIpc) is 3.29. The van der Waals surface area contributed by atoms with Crippen molar-refractivity contribution < 1.29 is 4.79 Å². The smallest absolute Gasteiger partial charge is 0.277 e. The zero-order valence-electron chi connectivity index (χ0n) is 15.0. The molecule has 8 nitrogen and oxygen atoms in total. The minimum Gasteiger partial charge on any atom is -0.320 e. The number of nitrogens with one attached hydrogen (secondary N) is 2. The van der Waals surface area contributed by atoms with E-state index < -0.39 is 0 Å². The fourth-order valence-corrected chi connectivity index (χ4v) is 3.35. The molecule has 0 bridgehead atoms. The minimum atomic E-state index is -0.250. The van der Waals surface area contributed by atoms with Gasteiger partial charge in [-0.15, -0.1) is 5.10 Å². The molecule has 0 saturated carbocycles. The highest BCUT2D eigenvalue weighted by Gasteiger charge is 2.19. The SMILES string of the molecule is CC(C)n1ncc2ccc(NC(=O)c3cn(C4CCNCC4)nn3)cc21. The molecule has 1 fully saturated rings. The number of fused-ring (bicyclic) bond motifs is 1. The highest BCUT2D eigenvalue weighted by atomic mass is 16.2. The Kier molecular flexibility index (Phi) is 4.42. The van der Waals surface area contributed by atoms with Crippen molar-refractivity contribution >= 4 is 22.5 Å². The summed E-state index contributed by atoms with van der Waals surface area (Å²) in [6, 6.07) is 6.34. The van der Waals surface area contributed by atoms with Crippen LogP contribution < -0.4 is 10.6 Å². The van der Waals surface area contributed by atoms with E-state index in [4.69, 9.17) is 0 Å². The zero-order chi connectivity index (χ0) is 18.1. The molecule has 26 heavy (non-hydrogen) atoms. The molecule has 2 N–H and O–H groups in total. The molecular formula is C18H23N7O. The van der Waals surface area contributed by atoms with Gasteiger partial charge in [0, 0.05) is 17.1 Å². The number of aromatic nitrogens is 5. The second-order valence-corrected chi connectivity index (χ2v) is 6.98. The van der Waals surface area contributed by atoms with Crippen molar-refractivity contribution in [3.05, 3.63) is 36.3 Å². The van der Waals surface area contributed by atoms with Gasteiger partial charge in [-0.25, -0.2) is 4.68 Å². The van der Waals surface area contributed by atoms with E-state index in [9.17, 15) is 4.79 Å². The summed E-state index contributed by atoms with van der Waals surface area (Å²) in [4.78, 5) is 12.5. The Morgan fingerprint density at radius 2 is 2.12 bits per heavy atom. The lowest BCUT2D eigenvalue weighted by Gasteiger charge is -2.22. The van der Waals surface area contributed by atoms with E-state index in [0.717, 1.165) is 42.5 Å². The molecular weight excluding hydrogens is 330 g/mol. The van der Waals surface area contributed by atoms with Crippen LogP contribution in [-0.4, -0.2) is 43.8 Å². The van der Waals surface area contributed by atoms with Crippen LogP contribution >= 0.6 is 0 Å². The van der Waals surface area contributed by atoms with Gasteiger partial charge in [-0.3, -0.25) is 9.48 Å². The van der Waals surface area contributed by atoms with Crippen molar-refractivity contribution in [2.75, 3.05) is 18.4 Å². The lowest BCUT2D eigenvalue weighted by atomic mass is 10.1. The van der Waals surface area contributed by atoms with Crippen LogP contribution in [0.15, 0.2) is 30.6 Å². The Morgan fingerprint density at radius 3 is 2.88 bits per heavy atom. The van der Waals surface area contributed by atoms with Gasteiger partial charge in [0.05, 0.1) is 24.0 Å². The van der Waals surface area contributed by atoms with E-state index in [2.05, 4.69) is 39.9 Å². The van der Waals surface area contributed by atoms with Crippen molar-refractivity contribution in [1.82, 2.24) is 30.1 Å². The first-order chi connectivity index (χ1) is 12.6. The van der Waals surface area contributed by atoms with Crippen LogP contribution in [0.1, 0.15) is 49.3 Å². The van der Waals surface area contributed by atoms with Gasteiger partial charge in [0.1, 0.15) is 0 Å². The summed E-state index contributed by atoms with van der Waals surface area (Å²) in [5.74, 6) is -0.250. The molecule has 1 aliphatic heterocycles. The van der Waals surface area contributed by atoms with E-state index in [1.807, 2.05) is 33.8 Å². The summed E-state index contributed by atoms with van der Waals surface area (Å²) >= 11 is 0. The molecule has 0 radical (unpaired) electrons. The first-order valence-corrected chi connectivity index (χ1v) is 9.03. The van der Waals surface area contributed by atoms with E-state index in [-0.39, 0.29) is 11.9 Å². The molecule has 4 rings (SSSR count). The number of anilines is 1. The molecule has 3 aromatic rings. The number of piperidine rings is 1. The molecule has 1 aliphatic rings. The van der Waals surface area contributed by atoms with Crippen LogP contribution in [0.4, 0.5) is 5.69 Å². The Hall–Kier alpha value is -2.74. The third-order valence-electron chi connectivity index (χ3n) is 4.77. The van der Waals surface area contributed by atoms with Gasteiger partial charge in [0.15, 0.2) is 5.69 Å². The van der Waals surface area contributed by atoms with Gasteiger partial charge < -0.3 is 10.6 Å². The lowest BCUT2D eigenvalue weighted by Crippen LogP contribution is -2.29. The molecule has 3 heterocycles. The number of rotatable bonds is 4. The topological polar surface area (TPSA) is 89.7 Å². The van der Waals surface area contributed by atoms with Crippen molar-refractivity contribution in [2.24, 2.45) is 0 Å². The van der Waals surface area contributed by atoms with E-state index in [1.54, 1.807) is 6.20 Å². The second-order valence-electron chi connectivity index (χ2n) is 6.98. The first kappa shape index (κ1) is 16.7. The summed E-state index contributed by atoms with van der Waals surface area (Å²) in [6.45, 7) is 6.10. The number of nitrogens with zero attached hydrogens (tertiary/aromatic N) is 5. The van der Waals surface area contributed by atoms with E-state index >= 15 is 0 Å². The van der Waals surface area contributed by atoms with E-state index in [0.29, 0.717) is 11.7 Å². The summed E-state index contributed by atoms with van der Waals surface area (Å²) in [6.07, 6.45) is 5.58. The Labute approximate surface area is 151 Å². The number of hydrogen-bond acceptors (Lipinski definition) is 5. The number of carbonyl (C=O) groups excluding carboxylic acids is 1. The average molecular weight is 353 g/mol. The predicted octanol–water partition coefficient (Wildman–Crippen LogP) is 2.39. The molecule has 1 saturated heterocycles. The third-order valence-corrected chi connectivity index (χ3v) is 4.77. The molecule has 8 heteroatoms. The maximum Gasteiger partial charge on any atom is 0.277 e. The summed E-state index contributed by atoms with van der Waals surface area (Å²) < 4.78 is 3.76. The van der Waals surface area contributed by atoms with Gasteiger partial charge in [0.25, 0.3) is 5.91 Å². The van der Waals surface area contributed by atoms with Crippen LogP contribution in [0.5, 0.6) is 0 Å². The van der Waals surface area contributed by atoms with Gasteiger partial charge in [0.2, 0.25) is 0 Å². The number of amides is 1. The summed E-state index contributed by atoms with van der Waals surface area (Å²) in [7, 11) is 0. The molecule has 0 spiro atoms. The quantitative estimate of drug-likeness (QED) is 0.752. The van der Waals surface area contributed by atoms with Crippen molar-refractivity contribution in [1.29, 1.82) is 0 Å². The largest absolute Gasteiger partial charge is 0.320 e. The monoisotopic (exact) mass is 353 g/mol. The number of benzene rings is 1. The van der Waals surface area contributed by atoms with Crippen LogP contribution in [-0.2, 0) is 0 Å². The number of carbonyl (C=O) groups is 1. The van der Waals surface area contributed by atoms with Crippen LogP contribution in [0.25, 0.3) is 10.9 Å². The van der Waals surface area contributed by atoms with Crippen LogP contribution in [0.2, 0.25) is 0 Å². The van der Waals surface area contributed by atoms with Gasteiger partial charge in [-0.2, -0.15) is 5.10 Å². The predicted molar refractivity (Wildman–Crippen MR) is 99.2 cm³/mol. The summed E-state index contributed by atoms with van der Waals surface area (Å²) in [5.41, 5.74) is 2.05. The normalized spacial score (nSPS) is 15.7. The maximum atomic E-state index is 12.5. The van der Waals surface area contributed by atoms with Crippen molar-refractivity contribution in [3.63, 3.8) is 0 Å². The molecule has 1 aromatic carbocycles. The second kappa shape index (κ2) is 6.87. The highest BCUT2D eigenvalue weighted by Crippen LogP contribution is 2.22. The fraction of sp³-hybridized carbons (Fsp3) is 0.444. The van der Waals surface area contributed by atoms with Crippen LogP contribution in [0.3, 0.4) is 0 Å². The van der Waals surface area contributed by atoms with Crippen LogP contribution in [0, 0.1) is 0 Å². The van der Waals surface area contributed by atoms with Gasteiger partial charge >= 0.3 is 0 Å². The molecule has 0 unspecified atom stereocenters. The fourth-order valence-electron chi connectivity index (χ4n) is 3.35. The Balaban J connectivity index is 1.52. The molecule has 2 aromatic heterocycles. The maximum absolute atomic E-state index is 12.5. The highest BCUT2D eigenvalue weighted by molar-refractivity contribution is 6.03. The van der Waals surface area contributed by atoms with Gasteiger partial charge in [-0.05, 0) is 58.0 Å².